The van der Waals surface area contributed by atoms with Crippen molar-refractivity contribution in [3.05, 3.63) is 112 Å². The molecule has 4 nitrogen and oxygen atoms in total. The van der Waals surface area contributed by atoms with Crippen molar-refractivity contribution in [2.75, 3.05) is 0 Å². The molecule has 5 heterocycles. The second-order valence-corrected chi connectivity index (χ2v) is 13.5. The Labute approximate surface area is 286 Å². The average Bonchev–Trinajstić information content (AvgIpc) is 3.61. The molecule has 0 unspecified atom stereocenters. The fourth-order valence-electron chi connectivity index (χ4n) is 6.17. The van der Waals surface area contributed by atoms with E-state index in [0.717, 1.165) is 39.7 Å². The van der Waals surface area contributed by atoms with E-state index in [1.54, 1.807) is 12.1 Å². The third-order valence-electron chi connectivity index (χ3n) is 8.70. The maximum Gasteiger partial charge on any atom is 0.216 e. The number of benzene rings is 2. The molecule has 0 saturated carbocycles. The molecule has 6 heteroatoms. The molecule has 0 amide bonds. The summed E-state index contributed by atoms with van der Waals surface area (Å²) in [5, 5.41) is 2.94. The Morgan fingerprint density at radius 2 is 1.76 bits per heavy atom. The first-order valence-electron chi connectivity index (χ1n) is 16.5. The van der Waals surface area contributed by atoms with Crippen LogP contribution >= 0.6 is 11.3 Å². The van der Waals surface area contributed by atoms with E-state index in [1.165, 1.54) is 50.1 Å². The van der Waals surface area contributed by atoms with E-state index in [9.17, 15) is 0 Å². The van der Waals surface area contributed by atoms with Gasteiger partial charge in [-0.25, -0.2) is 4.98 Å². The van der Waals surface area contributed by atoms with E-state index < -0.39 is 6.85 Å². The number of rotatable bonds is 2. The maximum absolute atomic E-state index is 7.64. The van der Waals surface area contributed by atoms with Gasteiger partial charge in [0.15, 0.2) is 0 Å². The molecule has 1 aliphatic rings. The number of hydrogen-bond acceptors (Lipinski definition) is 5. The molecule has 0 aliphatic heterocycles. The third-order valence-corrected chi connectivity index (χ3v) is 9.90. The van der Waals surface area contributed by atoms with Crippen molar-refractivity contribution in [2.24, 2.45) is 0 Å². The van der Waals surface area contributed by atoms with Crippen molar-refractivity contribution in [2.45, 2.75) is 66.1 Å². The van der Waals surface area contributed by atoms with Gasteiger partial charge in [-0.1, -0.05) is 49.4 Å². The summed E-state index contributed by atoms with van der Waals surface area (Å²) in [5.74, 6) is 0. The second kappa shape index (κ2) is 12.2. The summed E-state index contributed by atoms with van der Waals surface area (Å²) in [4.78, 5) is 14.9. The van der Waals surface area contributed by atoms with Crippen molar-refractivity contribution < 1.29 is 28.6 Å². The minimum absolute atomic E-state index is 0. The summed E-state index contributed by atoms with van der Waals surface area (Å²) < 4.78 is 30.2. The number of furan rings is 1. The number of hydrogen-bond donors (Lipinski definition) is 0. The number of fused-ring (bicyclic) bond motifs is 6. The Kier molecular flexibility index (Phi) is 7.51. The van der Waals surface area contributed by atoms with Crippen LogP contribution < -0.4 is 0 Å². The van der Waals surface area contributed by atoms with Gasteiger partial charge in [-0.15, -0.1) is 64.9 Å². The summed E-state index contributed by atoms with van der Waals surface area (Å²) in [6, 6.07) is 24.1. The van der Waals surface area contributed by atoms with Crippen molar-refractivity contribution in [3.63, 3.8) is 0 Å². The van der Waals surface area contributed by atoms with E-state index in [2.05, 4.69) is 81.0 Å². The molecule has 1 radical (unpaired) electrons. The zero-order chi connectivity index (χ0) is 33.1. The molecule has 8 rings (SSSR count). The fraction of sp³-hybridized carbons (Fsp3) is 0.256. The molecule has 0 bridgehead atoms. The SMILES string of the molecule is Cc1c[c-]c(-c2cc(C)c(C)cn2)cc1.[2H]C([2H])([2H])c1ccc2c(n1)oc1c(-c3cc4c5c(sc4cn3)CCCC5(C)C)[c-]ccc12.[Ir]. The summed E-state index contributed by atoms with van der Waals surface area (Å²) in [6.45, 7) is 8.63. The minimum Gasteiger partial charge on any atom is -0.486 e. The normalized spacial score (nSPS) is 15.0. The number of aryl methyl sites for hydroxylation is 5. The van der Waals surface area contributed by atoms with Crippen LogP contribution in [0.15, 0.2) is 71.4 Å². The summed E-state index contributed by atoms with van der Waals surface area (Å²) in [7, 11) is 0. The van der Waals surface area contributed by atoms with Crippen molar-refractivity contribution in [3.8, 4) is 22.5 Å². The topological polar surface area (TPSA) is 51.8 Å². The quantitative estimate of drug-likeness (QED) is 0.164. The van der Waals surface area contributed by atoms with Crippen molar-refractivity contribution >= 4 is 43.5 Å². The van der Waals surface area contributed by atoms with Crippen LogP contribution in [-0.2, 0) is 31.9 Å². The smallest absolute Gasteiger partial charge is 0.216 e. The van der Waals surface area contributed by atoms with Gasteiger partial charge < -0.3 is 14.4 Å². The predicted octanol–water partition coefficient (Wildman–Crippen LogP) is 10.5. The zero-order valence-electron chi connectivity index (χ0n) is 29.0. The van der Waals surface area contributed by atoms with Crippen LogP contribution in [0.2, 0.25) is 0 Å². The van der Waals surface area contributed by atoms with E-state index in [4.69, 9.17) is 13.5 Å². The minimum atomic E-state index is -2.28. The van der Waals surface area contributed by atoms with Crippen LogP contribution in [0.1, 0.15) is 63.6 Å². The predicted molar refractivity (Wildman–Crippen MR) is 182 cm³/mol. The van der Waals surface area contributed by atoms with Crippen LogP contribution in [0.5, 0.6) is 0 Å². The Hall–Kier alpha value is -3.70. The summed E-state index contributed by atoms with van der Waals surface area (Å²) >= 11 is 1.86. The third kappa shape index (κ3) is 5.88. The number of pyridine rings is 3. The van der Waals surface area contributed by atoms with Crippen LogP contribution in [0, 0.1) is 39.8 Å². The fourth-order valence-corrected chi connectivity index (χ4v) is 7.55. The molecule has 0 fully saturated rings. The Morgan fingerprint density at radius 1 is 0.911 bits per heavy atom. The summed E-state index contributed by atoms with van der Waals surface area (Å²) in [5.41, 5.74) is 9.94. The van der Waals surface area contributed by atoms with E-state index >= 15 is 0 Å². The van der Waals surface area contributed by atoms with Crippen LogP contribution in [0.25, 0.3) is 54.7 Å². The molecule has 5 aromatic heterocycles. The first kappa shape index (κ1) is 27.6. The van der Waals surface area contributed by atoms with Gasteiger partial charge in [0, 0.05) is 52.6 Å². The standard InChI is InChI=1S/C25H21N2OS.C14H14N.Ir/c1-14-9-10-16-15-6-4-7-17(23(15)28-24(16)27-14)19-12-18-21(13-26-19)29-20-8-5-11-25(2,3)22(18)20;1-10-4-6-13(7-5-10)14-8-11(2)12(3)9-15-14;/h4,6,9-10,12-13H,5,8,11H2,1-3H3;4-6,8-9H,1-3H3;/q2*-1;/i1D3;;. The maximum atomic E-state index is 7.64. The second-order valence-electron chi connectivity index (χ2n) is 12.4. The van der Waals surface area contributed by atoms with Gasteiger partial charge in [0.1, 0.15) is 0 Å². The number of thiophene rings is 1. The van der Waals surface area contributed by atoms with Gasteiger partial charge >= 0.3 is 0 Å². The van der Waals surface area contributed by atoms with Gasteiger partial charge in [0.2, 0.25) is 5.71 Å². The van der Waals surface area contributed by atoms with Crippen LogP contribution in [0.4, 0.5) is 0 Å². The van der Waals surface area contributed by atoms with Gasteiger partial charge in [0.25, 0.3) is 0 Å². The van der Waals surface area contributed by atoms with E-state index in [1.807, 2.05) is 41.9 Å². The molecular formula is C39H35IrN3OS-2. The molecule has 0 spiro atoms. The van der Waals surface area contributed by atoms with Gasteiger partial charge in [0.05, 0.1) is 10.3 Å². The van der Waals surface area contributed by atoms with Crippen molar-refractivity contribution in [1.82, 2.24) is 15.0 Å². The Balaban J connectivity index is 0.000000212. The van der Waals surface area contributed by atoms with E-state index in [0.29, 0.717) is 11.3 Å². The monoisotopic (exact) mass is 789 g/mol. The summed E-state index contributed by atoms with van der Waals surface area (Å²) in [6.07, 6.45) is 7.43. The Bertz CT molecular complexity index is 2290. The van der Waals surface area contributed by atoms with Crippen LogP contribution in [-0.4, -0.2) is 15.0 Å². The molecule has 0 atom stereocenters. The zero-order valence-corrected chi connectivity index (χ0v) is 29.2. The number of nitrogens with zero attached hydrogens (tertiary/aromatic N) is 3. The Morgan fingerprint density at radius 3 is 2.53 bits per heavy atom. The largest absolute Gasteiger partial charge is 0.486 e. The van der Waals surface area contributed by atoms with Gasteiger partial charge in [-0.3, -0.25) is 0 Å². The van der Waals surface area contributed by atoms with Gasteiger partial charge in [-0.2, -0.15) is 0 Å². The van der Waals surface area contributed by atoms with E-state index in [-0.39, 0.29) is 31.2 Å². The van der Waals surface area contributed by atoms with Crippen LogP contribution in [0.3, 0.4) is 0 Å². The molecule has 45 heavy (non-hydrogen) atoms. The molecule has 0 saturated heterocycles. The first-order valence-corrected chi connectivity index (χ1v) is 15.8. The molecule has 229 valence electrons. The molecule has 0 N–H and O–H groups in total. The molecular weight excluding hydrogens is 751 g/mol. The first-order chi connectivity index (χ1) is 22.4. The van der Waals surface area contributed by atoms with Gasteiger partial charge in [-0.05, 0) is 85.4 Å². The molecule has 2 aromatic carbocycles. The molecule has 7 aromatic rings. The number of aromatic nitrogens is 3. The molecule has 1 aliphatic carbocycles. The average molecular weight is 789 g/mol. The van der Waals surface area contributed by atoms with Crippen molar-refractivity contribution in [1.29, 1.82) is 0 Å².